The molecule has 0 spiro atoms. The van der Waals surface area contributed by atoms with Gasteiger partial charge in [0.15, 0.2) is 0 Å². The Labute approximate surface area is 56.0 Å². The molecule has 1 atom stereocenters. The van der Waals surface area contributed by atoms with Gasteiger partial charge in [-0.15, -0.1) is 0 Å². The van der Waals surface area contributed by atoms with Gasteiger partial charge in [-0.25, -0.2) is 0 Å². The molecule has 0 amide bonds. The van der Waals surface area contributed by atoms with E-state index in [-0.39, 0.29) is 0 Å². The van der Waals surface area contributed by atoms with Crippen molar-refractivity contribution in [2.45, 2.75) is 12.5 Å². The van der Waals surface area contributed by atoms with Gasteiger partial charge in [-0.1, -0.05) is 0 Å². The Morgan fingerprint density at radius 2 is 2.00 bits per heavy atom. The van der Waals surface area contributed by atoms with Gasteiger partial charge in [0.25, 0.3) is 0 Å². The van der Waals surface area contributed by atoms with E-state index in [2.05, 4.69) is 0 Å². The Hall–Kier alpha value is -1.14. The summed E-state index contributed by atoms with van der Waals surface area (Å²) in [7, 11) is 0. The normalized spacial score (nSPS) is 12.5. The van der Waals surface area contributed by atoms with Crippen LogP contribution in [-0.4, -0.2) is 28.2 Å². The third-order valence-corrected chi connectivity index (χ3v) is 0.819. The molecule has 6 nitrogen and oxygen atoms in total. The maximum Gasteiger partial charge on any atom is 0.320 e. The molecule has 10 heavy (non-hydrogen) atoms. The predicted octanol–water partition coefficient (Wildman–Crippen LogP) is -0.998. The molecule has 0 aliphatic carbocycles. The highest BCUT2D eigenvalue weighted by molar-refractivity contribution is 5.80. The molecule has 6 heteroatoms. The van der Waals surface area contributed by atoms with Crippen LogP contribution in [0.2, 0.25) is 0 Å². The minimum absolute atomic E-state index is 0.709. The molecule has 0 rings (SSSR count). The first-order valence-corrected chi connectivity index (χ1v) is 2.40. The lowest BCUT2D eigenvalue weighted by Gasteiger charge is -2.14. The second-order valence-corrected chi connectivity index (χ2v) is 1.61. The van der Waals surface area contributed by atoms with Crippen LogP contribution in [0.1, 0.15) is 6.42 Å². The average molecular weight is 148 g/mol. The first-order chi connectivity index (χ1) is 4.57. The van der Waals surface area contributed by atoms with Crippen LogP contribution >= 0.6 is 0 Å². The highest BCUT2D eigenvalue weighted by atomic mass is 16.5. The van der Waals surface area contributed by atoms with Crippen molar-refractivity contribution >= 4 is 11.9 Å². The molecule has 0 heterocycles. The highest BCUT2D eigenvalue weighted by Gasteiger charge is 2.15. The van der Waals surface area contributed by atoms with E-state index >= 15 is 0 Å². The summed E-state index contributed by atoms with van der Waals surface area (Å²) in [5, 5.41) is 25.8. The summed E-state index contributed by atoms with van der Waals surface area (Å²) < 4.78 is 0. The maximum atomic E-state index is 9.94. The van der Waals surface area contributed by atoms with Crippen LogP contribution in [0.5, 0.6) is 0 Å². The minimum atomic E-state index is -1.54. The third-order valence-electron chi connectivity index (χ3n) is 0.819. The number of carboxylic acids is 2. The van der Waals surface area contributed by atoms with Crippen molar-refractivity contribution in [1.82, 2.24) is 5.48 Å². The Balaban J connectivity index is 3.83. The van der Waals surface area contributed by atoms with Gasteiger partial charge >= 0.3 is 11.9 Å². The number of aliphatic carboxylic acids is 2. The van der Waals surface area contributed by atoms with E-state index in [9.17, 15) is 14.8 Å². The Kier molecular flexibility index (Phi) is 3.37. The quantitative estimate of drug-likeness (QED) is 0.441. The fourth-order valence-corrected chi connectivity index (χ4v) is 0.354. The molecule has 0 saturated heterocycles. The highest BCUT2D eigenvalue weighted by Crippen LogP contribution is 1.90. The number of rotatable bonds is 4. The smallest absolute Gasteiger partial charge is 0.320 e. The van der Waals surface area contributed by atoms with Crippen LogP contribution in [0, 0.1) is 5.21 Å². The molecule has 0 aromatic carbocycles. The summed E-state index contributed by atoms with van der Waals surface area (Å²) in [4.78, 5) is 19.8. The number of nitrogens with one attached hydrogen (secondary N) is 1. The molecular weight excluding hydrogens is 142 g/mol. The van der Waals surface area contributed by atoms with Gasteiger partial charge in [0, 0.05) is 0 Å². The van der Waals surface area contributed by atoms with Gasteiger partial charge in [0.05, 0.1) is 6.42 Å². The van der Waals surface area contributed by atoms with E-state index in [4.69, 9.17) is 10.2 Å². The second kappa shape index (κ2) is 3.80. The summed E-state index contributed by atoms with van der Waals surface area (Å²) in [5.74, 6) is -2.78. The van der Waals surface area contributed by atoms with E-state index in [1.807, 2.05) is 0 Å². The lowest BCUT2D eigenvalue weighted by molar-refractivity contribution is -0.145. The first-order valence-electron chi connectivity index (χ1n) is 2.40. The Morgan fingerprint density at radius 1 is 1.50 bits per heavy atom. The van der Waals surface area contributed by atoms with Crippen molar-refractivity contribution in [2.24, 2.45) is 0 Å². The molecule has 0 aliphatic heterocycles. The molecule has 3 N–H and O–H groups in total. The van der Waals surface area contributed by atoms with Crippen molar-refractivity contribution in [3.63, 3.8) is 0 Å². The zero-order chi connectivity index (χ0) is 8.15. The second-order valence-electron chi connectivity index (χ2n) is 1.61. The Morgan fingerprint density at radius 3 is 2.10 bits per heavy atom. The SMILES string of the molecule is O=C(O)C[C@H](N[O-])C(=O)O. The average Bonchev–Trinajstić information content (AvgIpc) is 1.81. The Bertz CT molecular complexity index is 145. The summed E-state index contributed by atoms with van der Waals surface area (Å²) in [6, 6.07) is -1.54. The summed E-state index contributed by atoms with van der Waals surface area (Å²) in [6.07, 6.45) is -0.709. The number of hydrogen-bond donors (Lipinski definition) is 3. The fourth-order valence-electron chi connectivity index (χ4n) is 0.354. The van der Waals surface area contributed by atoms with E-state index in [0.29, 0.717) is 0 Å². The van der Waals surface area contributed by atoms with E-state index in [0.717, 1.165) is 5.48 Å². The van der Waals surface area contributed by atoms with Gasteiger partial charge in [0.2, 0.25) is 0 Å². The van der Waals surface area contributed by atoms with E-state index < -0.39 is 24.4 Å². The van der Waals surface area contributed by atoms with Crippen molar-refractivity contribution in [3.05, 3.63) is 5.21 Å². The predicted molar refractivity (Wildman–Crippen MR) is 30.2 cm³/mol. The molecule has 0 bridgehead atoms. The lowest BCUT2D eigenvalue weighted by Crippen LogP contribution is -2.34. The molecule has 0 saturated carbocycles. The number of carboxylic acid groups (broad SMARTS) is 2. The maximum absolute atomic E-state index is 9.94. The summed E-state index contributed by atoms with van der Waals surface area (Å²) >= 11 is 0. The number of carbonyl (C=O) groups is 2. The number of hydrogen-bond acceptors (Lipinski definition) is 4. The van der Waals surface area contributed by atoms with Crippen molar-refractivity contribution < 1.29 is 19.8 Å². The van der Waals surface area contributed by atoms with Gasteiger partial charge in [-0.3, -0.25) is 9.59 Å². The molecule has 0 aromatic heterocycles. The topological polar surface area (TPSA) is 110 Å². The van der Waals surface area contributed by atoms with Crippen LogP contribution in [0.15, 0.2) is 0 Å². The molecule has 58 valence electrons. The lowest BCUT2D eigenvalue weighted by atomic mass is 10.2. The van der Waals surface area contributed by atoms with Crippen LogP contribution in [0.4, 0.5) is 0 Å². The molecule has 0 aliphatic rings. The third kappa shape index (κ3) is 3.00. The van der Waals surface area contributed by atoms with Crippen molar-refractivity contribution in [2.75, 3.05) is 0 Å². The number of hydroxylamine groups is 1. The minimum Gasteiger partial charge on any atom is -0.787 e. The monoisotopic (exact) mass is 148 g/mol. The van der Waals surface area contributed by atoms with E-state index in [1.165, 1.54) is 0 Å². The molecule has 0 unspecified atom stereocenters. The van der Waals surface area contributed by atoms with Gasteiger partial charge in [-0.05, 0) is 0 Å². The zero-order valence-corrected chi connectivity index (χ0v) is 4.90. The molecule has 0 fully saturated rings. The van der Waals surface area contributed by atoms with Crippen LogP contribution in [0.25, 0.3) is 0 Å². The van der Waals surface area contributed by atoms with Gasteiger partial charge in [0.1, 0.15) is 6.04 Å². The van der Waals surface area contributed by atoms with Crippen molar-refractivity contribution in [3.8, 4) is 0 Å². The largest absolute Gasteiger partial charge is 0.787 e. The van der Waals surface area contributed by atoms with Gasteiger partial charge < -0.3 is 20.9 Å². The summed E-state index contributed by atoms with van der Waals surface area (Å²) in [6.45, 7) is 0. The first kappa shape index (κ1) is 8.86. The summed E-state index contributed by atoms with van der Waals surface area (Å²) in [5.41, 5.74) is 1.10. The van der Waals surface area contributed by atoms with Crippen LogP contribution in [-0.2, 0) is 9.59 Å². The zero-order valence-electron chi connectivity index (χ0n) is 4.90. The van der Waals surface area contributed by atoms with E-state index in [1.54, 1.807) is 0 Å². The van der Waals surface area contributed by atoms with Crippen LogP contribution in [0.3, 0.4) is 0 Å². The van der Waals surface area contributed by atoms with Gasteiger partial charge in [-0.2, -0.15) is 0 Å². The molecule has 0 aromatic rings. The molecule has 0 radical (unpaired) electrons. The van der Waals surface area contributed by atoms with Crippen LogP contribution < -0.4 is 5.48 Å². The fraction of sp³-hybridized carbons (Fsp3) is 0.500. The van der Waals surface area contributed by atoms with Crippen molar-refractivity contribution in [1.29, 1.82) is 0 Å². The standard InChI is InChI=1S/C4H6NO5/c6-3(7)1-2(5-10)4(8)9/h2,5H,1H2,(H,6,7)(H,8,9)/q-1/t2-/m0/s1. The molecular formula is C4H6NO5-.